The molecule has 4 rings (SSSR count). The average Bonchev–Trinajstić information content (AvgIpc) is 2.84. The van der Waals surface area contributed by atoms with Crippen molar-refractivity contribution in [3.05, 3.63) is 57.1 Å². The van der Waals surface area contributed by atoms with E-state index < -0.39 is 11.2 Å². The normalized spacial score (nSPS) is 15.2. The lowest BCUT2D eigenvalue weighted by Crippen LogP contribution is -2.28. The molecule has 1 fully saturated rings. The van der Waals surface area contributed by atoms with E-state index in [9.17, 15) is 9.59 Å². The fraction of sp³-hybridized carbons (Fsp3) is 0.286. The van der Waals surface area contributed by atoms with Gasteiger partial charge in [-0.15, -0.1) is 5.10 Å². The van der Waals surface area contributed by atoms with E-state index in [2.05, 4.69) is 15.1 Å². The fourth-order valence-corrected chi connectivity index (χ4v) is 2.66. The molecule has 0 aliphatic heterocycles. The highest BCUT2D eigenvalue weighted by Gasteiger charge is 2.24. The minimum Gasteiger partial charge on any atom is -0.274 e. The van der Waals surface area contributed by atoms with Gasteiger partial charge in [-0.2, -0.15) is 0 Å². The van der Waals surface area contributed by atoms with Crippen molar-refractivity contribution < 1.29 is 0 Å². The minimum atomic E-state index is -0.492. The highest BCUT2D eigenvalue weighted by atomic mass is 16.2. The van der Waals surface area contributed by atoms with E-state index in [1.807, 2.05) is 6.07 Å². The van der Waals surface area contributed by atoms with Crippen LogP contribution in [0.3, 0.4) is 0 Å². The van der Waals surface area contributed by atoms with Gasteiger partial charge < -0.3 is 0 Å². The molecule has 3 heterocycles. The van der Waals surface area contributed by atoms with Gasteiger partial charge in [0.25, 0.3) is 5.56 Å². The molecule has 1 N–H and O–H groups in total. The standard InChI is InChI=1S/C14H13N5O2/c20-12-4-6-18(14(21)16-12)11-8-10(9-2-1-3-9)13-15-5-7-19(13)17-11/h4-9H,1-3H2,(H,16,20,21). The zero-order valence-corrected chi connectivity index (χ0v) is 11.2. The number of aromatic nitrogens is 5. The molecular formula is C14H13N5O2. The number of aromatic amines is 1. The molecule has 0 spiro atoms. The summed E-state index contributed by atoms with van der Waals surface area (Å²) < 4.78 is 3.02. The summed E-state index contributed by atoms with van der Waals surface area (Å²) in [6, 6.07) is 3.20. The van der Waals surface area contributed by atoms with E-state index in [-0.39, 0.29) is 0 Å². The third-order valence-electron chi connectivity index (χ3n) is 3.99. The van der Waals surface area contributed by atoms with Crippen molar-refractivity contribution in [3.8, 4) is 5.82 Å². The second kappa shape index (κ2) is 4.41. The predicted octanol–water partition coefficient (Wildman–Crippen LogP) is 0.836. The van der Waals surface area contributed by atoms with Gasteiger partial charge >= 0.3 is 5.69 Å². The predicted molar refractivity (Wildman–Crippen MR) is 75.8 cm³/mol. The Morgan fingerprint density at radius 3 is 2.81 bits per heavy atom. The van der Waals surface area contributed by atoms with Gasteiger partial charge in [0.2, 0.25) is 0 Å². The molecule has 1 saturated carbocycles. The van der Waals surface area contributed by atoms with E-state index in [1.54, 1.807) is 16.9 Å². The van der Waals surface area contributed by atoms with Crippen molar-refractivity contribution in [1.82, 2.24) is 24.1 Å². The van der Waals surface area contributed by atoms with Crippen molar-refractivity contribution >= 4 is 5.65 Å². The van der Waals surface area contributed by atoms with Gasteiger partial charge in [0.15, 0.2) is 11.5 Å². The first kappa shape index (κ1) is 12.1. The number of hydrogen-bond acceptors (Lipinski definition) is 4. The van der Waals surface area contributed by atoms with E-state index in [4.69, 9.17) is 0 Å². The molecule has 0 radical (unpaired) electrons. The van der Waals surface area contributed by atoms with Crippen LogP contribution in [0.25, 0.3) is 11.5 Å². The quantitative estimate of drug-likeness (QED) is 0.755. The molecule has 7 heteroatoms. The lowest BCUT2D eigenvalue weighted by Gasteiger charge is -2.26. The monoisotopic (exact) mass is 283 g/mol. The number of rotatable bonds is 2. The number of H-pyrrole nitrogens is 1. The van der Waals surface area contributed by atoms with Gasteiger partial charge in [0.1, 0.15) is 0 Å². The zero-order valence-electron chi connectivity index (χ0n) is 11.2. The molecule has 0 unspecified atom stereocenters. The summed E-state index contributed by atoms with van der Waals surface area (Å²) in [6.07, 6.45) is 8.38. The van der Waals surface area contributed by atoms with E-state index >= 15 is 0 Å². The van der Waals surface area contributed by atoms with Crippen LogP contribution in [0, 0.1) is 0 Å². The fourth-order valence-electron chi connectivity index (χ4n) is 2.66. The Balaban J connectivity index is 1.96. The molecule has 0 bridgehead atoms. The number of hydrogen-bond donors (Lipinski definition) is 1. The van der Waals surface area contributed by atoms with Crippen molar-refractivity contribution in [1.29, 1.82) is 0 Å². The summed E-state index contributed by atoms with van der Waals surface area (Å²) in [6.45, 7) is 0. The molecule has 0 aromatic carbocycles. The van der Waals surface area contributed by atoms with Crippen LogP contribution >= 0.6 is 0 Å². The smallest absolute Gasteiger partial charge is 0.274 e. The summed E-state index contributed by atoms with van der Waals surface area (Å²) in [5.41, 5.74) is 1.03. The van der Waals surface area contributed by atoms with Crippen molar-refractivity contribution in [2.75, 3.05) is 0 Å². The number of nitrogens with zero attached hydrogens (tertiary/aromatic N) is 4. The van der Waals surface area contributed by atoms with E-state index in [1.165, 1.54) is 23.3 Å². The third-order valence-corrected chi connectivity index (χ3v) is 3.99. The van der Waals surface area contributed by atoms with Crippen molar-refractivity contribution in [2.45, 2.75) is 25.2 Å². The maximum Gasteiger partial charge on any atom is 0.334 e. The van der Waals surface area contributed by atoms with Crippen LogP contribution < -0.4 is 11.2 Å². The SMILES string of the molecule is O=c1ccn(-c2cc(C3CCC3)c3nccn3n2)c(=O)[nH]1. The van der Waals surface area contributed by atoms with Gasteiger partial charge in [-0.25, -0.2) is 14.3 Å². The largest absolute Gasteiger partial charge is 0.334 e. The Labute approximate surface area is 118 Å². The first-order valence-corrected chi connectivity index (χ1v) is 6.89. The van der Waals surface area contributed by atoms with Gasteiger partial charge in [0, 0.05) is 30.2 Å². The molecular weight excluding hydrogens is 270 g/mol. The summed E-state index contributed by atoms with van der Waals surface area (Å²) in [7, 11) is 0. The van der Waals surface area contributed by atoms with Crippen LogP contribution in [0.5, 0.6) is 0 Å². The van der Waals surface area contributed by atoms with Crippen LogP contribution in [-0.4, -0.2) is 24.1 Å². The Bertz CT molecular complexity index is 932. The van der Waals surface area contributed by atoms with Crippen LogP contribution in [0.2, 0.25) is 0 Å². The average molecular weight is 283 g/mol. The lowest BCUT2D eigenvalue weighted by molar-refractivity contribution is 0.420. The maximum absolute atomic E-state index is 11.9. The highest BCUT2D eigenvalue weighted by Crippen LogP contribution is 2.38. The van der Waals surface area contributed by atoms with Gasteiger partial charge in [0.05, 0.1) is 0 Å². The van der Waals surface area contributed by atoms with Crippen LogP contribution in [0.15, 0.2) is 40.3 Å². The van der Waals surface area contributed by atoms with Crippen LogP contribution in [0.4, 0.5) is 0 Å². The second-order valence-electron chi connectivity index (χ2n) is 5.26. The molecule has 7 nitrogen and oxygen atoms in total. The number of fused-ring (bicyclic) bond motifs is 1. The zero-order chi connectivity index (χ0) is 14.4. The van der Waals surface area contributed by atoms with Gasteiger partial charge in [-0.3, -0.25) is 14.3 Å². The molecule has 3 aromatic rings. The number of nitrogens with one attached hydrogen (secondary N) is 1. The summed E-state index contributed by atoms with van der Waals surface area (Å²) >= 11 is 0. The topological polar surface area (TPSA) is 85.0 Å². The van der Waals surface area contributed by atoms with E-state index in [0.717, 1.165) is 24.1 Å². The van der Waals surface area contributed by atoms with Crippen LogP contribution in [-0.2, 0) is 0 Å². The van der Waals surface area contributed by atoms with Crippen LogP contribution in [0.1, 0.15) is 30.7 Å². The van der Waals surface area contributed by atoms with Crippen molar-refractivity contribution in [2.24, 2.45) is 0 Å². The molecule has 0 amide bonds. The minimum absolute atomic E-state index is 0.417. The molecule has 0 atom stereocenters. The van der Waals surface area contributed by atoms with Gasteiger partial charge in [-0.1, -0.05) is 6.42 Å². The molecule has 21 heavy (non-hydrogen) atoms. The third kappa shape index (κ3) is 1.89. The first-order chi connectivity index (χ1) is 10.2. The Morgan fingerprint density at radius 1 is 1.24 bits per heavy atom. The summed E-state index contributed by atoms with van der Waals surface area (Å²) in [5.74, 6) is 0.957. The molecule has 1 aliphatic carbocycles. The summed E-state index contributed by atoms with van der Waals surface area (Å²) in [4.78, 5) is 29.7. The molecule has 106 valence electrons. The number of imidazole rings is 1. The maximum atomic E-state index is 11.9. The highest BCUT2D eigenvalue weighted by molar-refractivity contribution is 5.52. The Hall–Kier alpha value is -2.70. The molecule has 1 aliphatic rings. The lowest BCUT2D eigenvalue weighted by atomic mass is 9.80. The second-order valence-corrected chi connectivity index (χ2v) is 5.26. The van der Waals surface area contributed by atoms with E-state index in [0.29, 0.717) is 11.7 Å². The Morgan fingerprint density at radius 2 is 2.10 bits per heavy atom. The first-order valence-electron chi connectivity index (χ1n) is 6.89. The van der Waals surface area contributed by atoms with Crippen molar-refractivity contribution in [3.63, 3.8) is 0 Å². The Kier molecular flexibility index (Phi) is 2.53. The summed E-state index contributed by atoms with van der Waals surface area (Å²) in [5, 5.41) is 4.39. The van der Waals surface area contributed by atoms with Gasteiger partial charge in [-0.05, 0) is 24.8 Å². The molecule has 3 aromatic heterocycles. The molecule has 0 saturated heterocycles.